The number of hydrazine groups is 1. The van der Waals surface area contributed by atoms with Gasteiger partial charge in [0.15, 0.2) is 5.69 Å². The van der Waals surface area contributed by atoms with Crippen molar-refractivity contribution in [3.8, 4) is 0 Å². The maximum atomic E-state index is 11.3. The molecule has 1 unspecified atom stereocenters. The van der Waals surface area contributed by atoms with Gasteiger partial charge in [-0.05, 0) is 6.92 Å². The molecule has 9 nitrogen and oxygen atoms in total. The molecule has 3 N–H and O–H groups in total. The zero-order valence-electron chi connectivity index (χ0n) is 12.8. The van der Waals surface area contributed by atoms with Crippen molar-refractivity contribution in [2.24, 2.45) is 5.84 Å². The molecule has 0 fully saturated rings. The zero-order valence-corrected chi connectivity index (χ0v) is 12.8. The number of methoxy groups -OCH3 is 2. The summed E-state index contributed by atoms with van der Waals surface area (Å²) >= 11 is 0. The molecule has 0 aromatic carbocycles. The topological polar surface area (TPSA) is 108 Å². The maximum absolute atomic E-state index is 11.3. The minimum absolute atomic E-state index is 0.200. The summed E-state index contributed by atoms with van der Waals surface area (Å²) < 4.78 is 11.9. The molecule has 0 saturated carbocycles. The van der Waals surface area contributed by atoms with E-state index in [1.165, 1.54) is 0 Å². The van der Waals surface area contributed by atoms with Crippen molar-refractivity contribution in [2.45, 2.75) is 19.5 Å². The Bertz CT molecular complexity index is 425. The third kappa shape index (κ3) is 5.76. The molecule has 1 atom stereocenters. The third-order valence-corrected chi connectivity index (χ3v) is 3.13. The van der Waals surface area contributed by atoms with Crippen molar-refractivity contribution in [1.29, 1.82) is 0 Å². The summed E-state index contributed by atoms with van der Waals surface area (Å²) in [5.41, 5.74) is 2.22. The van der Waals surface area contributed by atoms with E-state index in [4.69, 9.17) is 15.3 Å². The van der Waals surface area contributed by atoms with Gasteiger partial charge in [0.2, 0.25) is 0 Å². The number of ether oxygens (including phenoxy) is 2. The van der Waals surface area contributed by atoms with Crippen LogP contribution in [0.4, 0.5) is 0 Å². The molecule has 0 radical (unpaired) electrons. The van der Waals surface area contributed by atoms with Gasteiger partial charge in [-0.2, -0.15) is 0 Å². The Morgan fingerprint density at radius 2 is 2.24 bits per heavy atom. The second-order valence-corrected chi connectivity index (χ2v) is 4.67. The van der Waals surface area contributed by atoms with Gasteiger partial charge in [-0.1, -0.05) is 5.21 Å². The quantitative estimate of drug-likeness (QED) is 0.319. The van der Waals surface area contributed by atoms with Crippen molar-refractivity contribution in [3.05, 3.63) is 11.9 Å². The second-order valence-electron chi connectivity index (χ2n) is 4.67. The maximum Gasteiger partial charge on any atom is 0.287 e. The van der Waals surface area contributed by atoms with Crippen LogP contribution in [-0.2, 0) is 16.0 Å². The molecule has 0 aliphatic carbocycles. The van der Waals surface area contributed by atoms with Crippen LogP contribution in [0.3, 0.4) is 0 Å². The van der Waals surface area contributed by atoms with Gasteiger partial charge in [-0.3, -0.25) is 19.8 Å². The lowest BCUT2D eigenvalue weighted by atomic mass is 10.3. The fourth-order valence-corrected chi connectivity index (χ4v) is 1.92. The van der Waals surface area contributed by atoms with Crippen molar-refractivity contribution in [1.82, 2.24) is 25.3 Å². The SMILES string of the molecule is COCCN(CCn1cc(C(=O)NN)nn1)C(C)COC. The van der Waals surface area contributed by atoms with E-state index in [-0.39, 0.29) is 11.7 Å². The smallest absolute Gasteiger partial charge is 0.287 e. The molecule has 1 amide bonds. The summed E-state index contributed by atoms with van der Waals surface area (Å²) in [6.45, 7) is 5.54. The number of carbonyl (C=O) groups excluding carboxylic acids is 1. The Morgan fingerprint density at radius 1 is 1.48 bits per heavy atom. The molecule has 0 aliphatic heterocycles. The highest BCUT2D eigenvalue weighted by molar-refractivity contribution is 5.91. The average molecular weight is 300 g/mol. The summed E-state index contributed by atoms with van der Waals surface area (Å²) in [4.78, 5) is 13.5. The second kappa shape index (κ2) is 9.40. The molecule has 1 rings (SSSR count). The van der Waals surface area contributed by atoms with E-state index in [0.29, 0.717) is 19.8 Å². The van der Waals surface area contributed by atoms with Crippen LogP contribution in [0.5, 0.6) is 0 Å². The number of nitrogens with two attached hydrogens (primary N) is 1. The molecule has 1 aromatic heterocycles. The monoisotopic (exact) mass is 300 g/mol. The van der Waals surface area contributed by atoms with Crippen LogP contribution < -0.4 is 11.3 Å². The fourth-order valence-electron chi connectivity index (χ4n) is 1.92. The lowest BCUT2D eigenvalue weighted by Crippen LogP contribution is -2.40. The number of hydrogen-bond donors (Lipinski definition) is 2. The Balaban J connectivity index is 2.54. The van der Waals surface area contributed by atoms with E-state index in [0.717, 1.165) is 13.1 Å². The summed E-state index contributed by atoms with van der Waals surface area (Å²) in [5.74, 6) is 4.60. The van der Waals surface area contributed by atoms with E-state index in [9.17, 15) is 4.79 Å². The first-order valence-corrected chi connectivity index (χ1v) is 6.75. The third-order valence-electron chi connectivity index (χ3n) is 3.13. The van der Waals surface area contributed by atoms with Gasteiger partial charge in [-0.25, -0.2) is 5.84 Å². The molecule has 1 heterocycles. The molecule has 1 aromatic rings. The predicted octanol–water partition coefficient (Wildman–Crippen LogP) is -1.14. The Morgan fingerprint density at radius 3 is 2.86 bits per heavy atom. The number of amides is 1. The van der Waals surface area contributed by atoms with Gasteiger partial charge >= 0.3 is 0 Å². The average Bonchev–Trinajstić information content (AvgIpc) is 2.95. The van der Waals surface area contributed by atoms with Crippen LogP contribution in [-0.4, -0.2) is 72.4 Å². The normalized spacial score (nSPS) is 12.6. The van der Waals surface area contributed by atoms with Crippen molar-refractivity contribution in [3.63, 3.8) is 0 Å². The number of rotatable bonds is 10. The lowest BCUT2D eigenvalue weighted by Gasteiger charge is -2.28. The van der Waals surface area contributed by atoms with Gasteiger partial charge in [0.1, 0.15) is 0 Å². The van der Waals surface area contributed by atoms with Crippen LogP contribution in [0.1, 0.15) is 17.4 Å². The van der Waals surface area contributed by atoms with Crippen molar-refractivity contribution < 1.29 is 14.3 Å². The number of aromatic nitrogens is 3. The van der Waals surface area contributed by atoms with E-state index in [2.05, 4.69) is 22.1 Å². The van der Waals surface area contributed by atoms with E-state index < -0.39 is 5.91 Å². The number of carbonyl (C=O) groups is 1. The highest BCUT2D eigenvalue weighted by Gasteiger charge is 2.14. The van der Waals surface area contributed by atoms with Gasteiger partial charge in [0.05, 0.1) is 26.0 Å². The van der Waals surface area contributed by atoms with Gasteiger partial charge in [-0.15, -0.1) is 5.10 Å². The van der Waals surface area contributed by atoms with Crippen LogP contribution >= 0.6 is 0 Å². The van der Waals surface area contributed by atoms with Crippen molar-refractivity contribution in [2.75, 3.05) is 40.5 Å². The number of nitrogen functional groups attached to an aromatic ring is 1. The van der Waals surface area contributed by atoms with E-state index in [1.54, 1.807) is 25.1 Å². The number of nitrogens with zero attached hydrogens (tertiary/aromatic N) is 4. The first-order chi connectivity index (χ1) is 10.1. The summed E-state index contributed by atoms with van der Waals surface area (Å²) in [6, 6.07) is 0.264. The van der Waals surface area contributed by atoms with Gasteiger partial charge < -0.3 is 9.47 Å². The summed E-state index contributed by atoms with van der Waals surface area (Å²) in [7, 11) is 3.36. The molecule has 0 aliphatic rings. The molecule has 0 bridgehead atoms. The van der Waals surface area contributed by atoms with E-state index in [1.807, 2.05) is 5.43 Å². The largest absolute Gasteiger partial charge is 0.383 e. The molecule has 0 saturated heterocycles. The minimum atomic E-state index is -0.453. The zero-order chi connectivity index (χ0) is 15.7. The first kappa shape index (κ1) is 17.5. The van der Waals surface area contributed by atoms with E-state index >= 15 is 0 Å². The first-order valence-electron chi connectivity index (χ1n) is 6.75. The fraction of sp³-hybridized carbons (Fsp3) is 0.750. The molecular formula is C12H24N6O3. The predicted molar refractivity (Wildman–Crippen MR) is 76.5 cm³/mol. The number of nitrogens with one attached hydrogen (secondary N) is 1. The molecular weight excluding hydrogens is 276 g/mol. The van der Waals surface area contributed by atoms with Crippen LogP contribution in [0.25, 0.3) is 0 Å². The lowest BCUT2D eigenvalue weighted by molar-refractivity contribution is 0.0722. The number of hydrogen-bond acceptors (Lipinski definition) is 7. The Kier molecular flexibility index (Phi) is 7.83. The molecule has 9 heteroatoms. The van der Waals surface area contributed by atoms with Gasteiger partial charge in [0.25, 0.3) is 5.91 Å². The van der Waals surface area contributed by atoms with Gasteiger partial charge in [0, 0.05) is 33.4 Å². The summed E-state index contributed by atoms with van der Waals surface area (Å²) in [5, 5.41) is 7.67. The Hall–Kier alpha value is -1.55. The summed E-state index contributed by atoms with van der Waals surface area (Å²) in [6.07, 6.45) is 1.57. The highest BCUT2D eigenvalue weighted by Crippen LogP contribution is 2.01. The minimum Gasteiger partial charge on any atom is -0.383 e. The van der Waals surface area contributed by atoms with Crippen LogP contribution in [0, 0.1) is 0 Å². The standard InChI is InChI=1S/C12H24N6O3/c1-10(9-21-3)17(6-7-20-2)4-5-18-8-11(15-16-18)12(19)14-13/h8,10H,4-7,9,13H2,1-3H3,(H,14,19). The molecule has 120 valence electrons. The molecule has 0 spiro atoms. The highest BCUT2D eigenvalue weighted by atomic mass is 16.5. The Labute approximate surface area is 124 Å². The van der Waals surface area contributed by atoms with Crippen LogP contribution in [0.2, 0.25) is 0 Å². The van der Waals surface area contributed by atoms with Crippen LogP contribution in [0.15, 0.2) is 6.20 Å². The van der Waals surface area contributed by atoms with Crippen molar-refractivity contribution >= 4 is 5.91 Å². The molecule has 21 heavy (non-hydrogen) atoms.